The van der Waals surface area contributed by atoms with E-state index < -0.39 is 11.5 Å². The SMILES string of the molecule is O=C(C[C@@]1(O)C(=O)N(Cc2ccc3c(c2)OCO3)c2ccccc21)c1ccccc1. The van der Waals surface area contributed by atoms with Crippen LogP contribution in [0.5, 0.6) is 11.5 Å². The van der Waals surface area contributed by atoms with Gasteiger partial charge in [0.1, 0.15) is 0 Å². The number of amides is 1. The van der Waals surface area contributed by atoms with Gasteiger partial charge in [0, 0.05) is 11.1 Å². The lowest BCUT2D eigenvalue weighted by molar-refractivity contribution is -0.136. The van der Waals surface area contributed by atoms with Gasteiger partial charge >= 0.3 is 0 Å². The average Bonchev–Trinajstić information content (AvgIpc) is 3.32. The summed E-state index contributed by atoms with van der Waals surface area (Å²) in [7, 11) is 0. The zero-order valence-electron chi connectivity index (χ0n) is 16.1. The summed E-state index contributed by atoms with van der Waals surface area (Å²) in [4.78, 5) is 27.7. The molecule has 0 saturated heterocycles. The summed E-state index contributed by atoms with van der Waals surface area (Å²) >= 11 is 0. The number of hydrogen-bond donors (Lipinski definition) is 1. The molecule has 0 aromatic heterocycles. The molecule has 0 radical (unpaired) electrons. The van der Waals surface area contributed by atoms with Crippen molar-refractivity contribution in [2.45, 2.75) is 18.6 Å². The fourth-order valence-electron chi connectivity index (χ4n) is 4.01. The second-order valence-electron chi connectivity index (χ2n) is 7.42. The monoisotopic (exact) mass is 401 g/mol. The first-order valence-electron chi connectivity index (χ1n) is 9.67. The van der Waals surface area contributed by atoms with Crippen LogP contribution < -0.4 is 14.4 Å². The summed E-state index contributed by atoms with van der Waals surface area (Å²) < 4.78 is 10.8. The van der Waals surface area contributed by atoms with Gasteiger partial charge in [0.05, 0.1) is 18.7 Å². The number of carbonyl (C=O) groups is 2. The van der Waals surface area contributed by atoms with Crippen LogP contribution in [0.4, 0.5) is 5.69 Å². The number of fused-ring (bicyclic) bond motifs is 2. The maximum absolute atomic E-state index is 13.4. The van der Waals surface area contributed by atoms with E-state index in [9.17, 15) is 14.7 Å². The van der Waals surface area contributed by atoms with Crippen LogP contribution in [0, 0.1) is 0 Å². The Labute approximate surface area is 173 Å². The highest BCUT2D eigenvalue weighted by Crippen LogP contribution is 2.44. The van der Waals surface area contributed by atoms with Gasteiger partial charge in [0.25, 0.3) is 5.91 Å². The first-order chi connectivity index (χ1) is 14.6. The van der Waals surface area contributed by atoms with Crippen LogP contribution in [0.2, 0.25) is 0 Å². The molecule has 30 heavy (non-hydrogen) atoms. The number of anilines is 1. The van der Waals surface area contributed by atoms with Gasteiger partial charge in [-0.3, -0.25) is 9.59 Å². The number of para-hydroxylation sites is 1. The lowest BCUT2D eigenvalue weighted by atomic mass is 9.88. The van der Waals surface area contributed by atoms with E-state index in [-0.39, 0.29) is 25.5 Å². The van der Waals surface area contributed by atoms with E-state index >= 15 is 0 Å². The molecule has 2 aliphatic heterocycles. The smallest absolute Gasteiger partial charge is 0.264 e. The van der Waals surface area contributed by atoms with E-state index in [0.29, 0.717) is 28.3 Å². The second-order valence-corrected chi connectivity index (χ2v) is 7.42. The van der Waals surface area contributed by atoms with Gasteiger partial charge in [0.2, 0.25) is 6.79 Å². The molecule has 6 heteroatoms. The van der Waals surface area contributed by atoms with E-state index in [1.54, 1.807) is 48.5 Å². The maximum Gasteiger partial charge on any atom is 0.264 e. The molecule has 6 nitrogen and oxygen atoms in total. The predicted molar refractivity (Wildman–Crippen MR) is 109 cm³/mol. The molecule has 0 aliphatic carbocycles. The largest absolute Gasteiger partial charge is 0.454 e. The van der Waals surface area contributed by atoms with Crippen molar-refractivity contribution < 1.29 is 24.2 Å². The number of carbonyl (C=O) groups excluding carboxylic acids is 2. The molecule has 0 bridgehead atoms. The van der Waals surface area contributed by atoms with Gasteiger partial charge in [-0.1, -0.05) is 54.6 Å². The number of nitrogens with zero attached hydrogens (tertiary/aromatic N) is 1. The maximum atomic E-state index is 13.4. The molecule has 150 valence electrons. The fraction of sp³-hybridized carbons (Fsp3) is 0.167. The molecule has 2 heterocycles. The third-order valence-electron chi connectivity index (χ3n) is 5.53. The highest BCUT2D eigenvalue weighted by molar-refractivity contribution is 6.10. The number of Topliss-reactive ketones (excluding diaryl/α,β-unsaturated/α-hetero) is 1. The van der Waals surface area contributed by atoms with Crippen LogP contribution in [0.15, 0.2) is 72.8 Å². The van der Waals surface area contributed by atoms with Crippen molar-refractivity contribution in [3.63, 3.8) is 0 Å². The Kier molecular flexibility index (Phi) is 4.29. The molecule has 0 saturated carbocycles. The average molecular weight is 401 g/mol. The normalized spacial score (nSPS) is 19.1. The number of aliphatic hydroxyl groups is 1. The molecule has 1 N–H and O–H groups in total. The summed E-state index contributed by atoms with van der Waals surface area (Å²) in [5.74, 6) is 0.496. The van der Waals surface area contributed by atoms with Crippen molar-refractivity contribution in [1.29, 1.82) is 0 Å². The van der Waals surface area contributed by atoms with Crippen molar-refractivity contribution in [2.75, 3.05) is 11.7 Å². The third-order valence-corrected chi connectivity index (χ3v) is 5.53. The van der Waals surface area contributed by atoms with Gasteiger partial charge < -0.3 is 19.5 Å². The topological polar surface area (TPSA) is 76.1 Å². The highest BCUT2D eigenvalue weighted by atomic mass is 16.7. The van der Waals surface area contributed by atoms with Crippen molar-refractivity contribution in [1.82, 2.24) is 0 Å². The summed E-state index contributed by atoms with van der Waals surface area (Å²) in [5, 5.41) is 11.4. The number of rotatable bonds is 5. The minimum atomic E-state index is -1.90. The molecular weight excluding hydrogens is 382 g/mol. The van der Waals surface area contributed by atoms with E-state index in [0.717, 1.165) is 5.56 Å². The van der Waals surface area contributed by atoms with Crippen molar-refractivity contribution in [3.8, 4) is 11.5 Å². The van der Waals surface area contributed by atoms with Gasteiger partial charge in [0.15, 0.2) is 22.9 Å². The molecular formula is C24H19NO5. The Balaban J connectivity index is 1.47. The summed E-state index contributed by atoms with van der Waals surface area (Å²) in [6, 6.07) is 21.2. The minimum Gasteiger partial charge on any atom is -0.454 e. The first kappa shape index (κ1) is 18.4. The Morgan fingerprint density at radius 1 is 0.967 bits per heavy atom. The van der Waals surface area contributed by atoms with Gasteiger partial charge in [-0.05, 0) is 23.8 Å². The molecule has 3 aromatic rings. The van der Waals surface area contributed by atoms with Crippen LogP contribution >= 0.6 is 0 Å². The predicted octanol–water partition coefficient (Wildman–Crippen LogP) is 3.42. The summed E-state index contributed by atoms with van der Waals surface area (Å²) in [6.07, 6.45) is -0.315. The number of hydrogen-bond acceptors (Lipinski definition) is 5. The quantitative estimate of drug-likeness (QED) is 0.663. The van der Waals surface area contributed by atoms with Crippen LogP contribution in [-0.2, 0) is 16.9 Å². The lowest BCUT2D eigenvalue weighted by Crippen LogP contribution is -2.41. The summed E-state index contributed by atoms with van der Waals surface area (Å²) in [5.41, 5.74) is 0.440. The number of ketones is 1. The third kappa shape index (κ3) is 2.93. The molecule has 0 spiro atoms. The first-order valence-corrected chi connectivity index (χ1v) is 9.67. The molecule has 0 fully saturated rings. The standard InChI is InChI=1S/C24H19NO5/c26-20(17-6-2-1-3-7-17)13-24(28)18-8-4-5-9-19(18)25(23(24)27)14-16-10-11-21-22(12-16)30-15-29-21/h1-12,28H,13-15H2/t24-/m0/s1. The van der Waals surface area contributed by atoms with Crippen molar-refractivity contribution in [2.24, 2.45) is 0 Å². The van der Waals surface area contributed by atoms with Crippen molar-refractivity contribution >= 4 is 17.4 Å². The van der Waals surface area contributed by atoms with E-state index in [1.165, 1.54) is 4.90 Å². The molecule has 2 aliphatic rings. The molecule has 3 aromatic carbocycles. The van der Waals surface area contributed by atoms with E-state index in [2.05, 4.69) is 0 Å². The summed E-state index contributed by atoms with van der Waals surface area (Å²) in [6.45, 7) is 0.417. The Bertz CT molecular complexity index is 1140. The van der Waals surface area contributed by atoms with E-state index in [4.69, 9.17) is 9.47 Å². The zero-order chi connectivity index (χ0) is 20.7. The molecule has 5 rings (SSSR count). The molecule has 1 amide bonds. The zero-order valence-corrected chi connectivity index (χ0v) is 16.1. The van der Waals surface area contributed by atoms with Gasteiger partial charge in [-0.25, -0.2) is 0 Å². The van der Waals surface area contributed by atoms with Gasteiger partial charge in [-0.15, -0.1) is 0 Å². The van der Waals surface area contributed by atoms with Crippen molar-refractivity contribution in [3.05, 3.63) is 89.5 Å². The highest BCUT2D eigenvalue weighted by Gasteiger charge is 2.50. The Morgan fingerprint density at radius 3 is 2.53 bits per heavy atom. The number of ether oxygens (including phenoxy) is 2. The fourth-order valence-corrected chi connectivity index (χ4v) is 4.01. The molecule has 0 unspecified atom stereocenters. The van der Waals surface area contributed by atoms with Crippen LogP contribution in [-0.4, -0.2) is 23.6 Å². The Morgan fingerprint density at radius 2 is 1.70 bits per heavy atom. The van der Waals surface area contributed by atoms with Crippen LogP contribution in [0.25, 0.3) is 0 Å². The van der Waals surface area contributed by atoms with E-state index in [1.807, 2.05) is 24.3 Å². The number of benzene rings is 3. The lowest BCUT2D eigenvalue weighted by Gasteiger charge is -2.23. The second kappa shape index (κ2) is 7.00. The van der Waals surface area contributed by atoms with Crippen LogP contribution in [0.3, 0.4) is 0 Å². The molecule has 1 atom stereocenters. The van der Waals surface area contributed by atoms with Gasteiger partial charge in [-0.2, -0.15) is 0 Å². The Hall–Kier alpha value is -3.64. The van der Waals surface area contributed by atoms with Crippen LogP contribution in [0.1, 0.15) is 27.9 Å². The minimum absolute atomic E-state index is 0.172.